The molecule has 1 fully saturated rings. The first-order valence-corrected chi connectivity index (χ1v) is 5.95. The second kappa shape index (κ2) is 5.23. The number of hydrogen-bond acceptors (Lipinski definition) is 4. The lowest BCUT2D eigenvalue weighted by atomic mass is 9.94. The van der Waals surface area contributed by atoms with E-state index in [0.717, 1.165) is 37.4 Å². The van der Waals surface area contributed by atoms with Crippen molar-refractivity contribution >= 4 is 5.91 Å². The first-order chi connectivity index (χ1) is 8.15. The summed E-state index contributed by atoms with van der Waals surface area (Å²) in [6.07, 6.45) is 4.00. The molecule has 0 radical (unpaired) electrons. The Kier molecular flexibility index (Phi) is 3.68. The van der Waals surface area contributed by atoms with E-state index >= 15 is 0 Å². The molecule has 1 aromatic heterocycles. The molecule has 0 saturated carbocycles. The summed E-state index contributed by atoms with van der Waals surface area (Å²) in [5.41, 5.74) is 6.30. The maximum atomic E-state index is 10.9. The van der Waals surface area contributed by atoms with E-state index < -0.39 is 0 Å². The molecule has 2 heterocycles. The average Bonchev–Trinajstić information content (AvgIpc) is 2.28. The molecule has 1 aliphatic heterocycles. The van der Waals surface area contributed by atoms with Gasteiger partial charge in [-0.25, -0.2) is 9.97 Å². The van der Waals surface area contributed by atoms with Crippen LogP contribution in [-0.2, 0) is 4.79 Å². The van der Waals surface area contributed by atoms with Crippen molar-refractivity contribution < 1.29 is 4.79 Å². The van der Waals surface area contributed by atoms with Crippen LogP contribution in [0.4, 0.5) is 0 Å². The van der Waals surface area contributed by atoms with Crippen LogP contribution < -0.4 is 5.73 Å². The lowest BCUT2D eigenvalue weighted by Crippen LogP contribution is -2.40. The highest BCUT2D eigenvalue weighted by Gasteiger charge is 2.23. The molecule has 1 unspecified atom stereocenters. The van der Waals surface area contributed by atoms with Gasteiger partial charge in [0.2, 0.25) is 5.91 Å². The Bertz CT molecular complexity index is 407. The van der Waals surface area contributed by atoms with Crippen LogP contribution in [0.5, 0.6) is 0 Å². The van der Waals surface area contributed by atoms with Gasteiger partial charge in [0.25, 0.3) is 0 Å². The Morgan fingerprint density at radius 3 is 3.18 bits per heavy atom. The van der Waals surface area contributed by atoms with Gasteiger partial charge in [-0.15, -0.1) is 0 Å². The van der Waals surface area contributed by atoms with E-state index in [1.807, 2.05) is 13.0 Å². The fraction of sp³-hybridized carbons (Fsp3) is 0.583. The molecule has 92 valence electrons. The first kappa shape index (κ1) is 12.0. The minimum atomic E-state index is -0.260. The smallest absolute Gasteiger partial charge is 0.231 e. The van der Waals surface area contributed by atoms with Crippen LogP contribution in [0.3, 0.4) is 0 Å². The van der Waals surface area contributed by atoms with Gasteiger partial charge in [0.1, 0.15) is 5.82 Å². The number of nitrogens with two attached hydrogens (primary N) is 1. The topological polar surface area (TPSA) is 72.1 Å². The normalized spacial score (nSPS) is 21.4. The highest BCUT2D eigenvalue weighted by molar-refractivity contribution is 5.75. The fourth-order valence-electron chi connectivity index (χ4n) is 2.36. The van der Waals surface area contributed by atoms with Gasteiger partial charge in [-0.3, -0.25) is 9.69 Å². The van der Waals surface area contributed by atoms with E-state index in [2.05, 4.69) is 14.9 Å². The van der Waals surface area contributed by atoms with Crippen LogP contribution in [0.2, 0.25) is 0 Å². The van der Waals surface area contributed by atoms with Crippen LogP contribution in [-0.4, -0.2) is 40.4 Å². The Morgan fingerprint density at radius 1 is 1.65 bits per heavy atom. The minimum absolute atomic E-state index is 0.260. The van der Waals surface area contributed by atoms with E-state index in [-0.39, 0.29) is 5.91 Å². The summed E-state index contributed by atoms with van der Waals surface area (Å²) in [6.45, 7) is 4.05. The Balaban J connectivity index is 2.04. The van der Waals surface area contributed by atoms with Crippen molar-refractivity contribution in [2.45, 2.75) is 25.7 Å². The third-order valence-corrected chi connectivity index (χ3v) is 3.10. The number of piperidine rings is 1. The maximum absolute atomic E-state index is 10.9. The number of hydrogen-bond donors (Lipinski definition) is 1. The SMILES string of the molecule is Cc1nccc(C2CCCN(CC(N)=O)C2)n1. The van der Waals surface area contributed by atoms with E-state index in [1.54, 1.807) is 6.20 Å². The zero-order chi connectivity index (χ0) is 12.3. The van der Waals surface area contributed by atoms with E-state index in [0.29, 0.717) is 12.5 Å². The number of primary amides is 1. The van der Waals surface area contributed by atoms with E-state index in [9.17, 15) is 4.79 Å². The lowest BCUT2D eigenvalue weighted by Gasteiger charge is -2.31. The van der Waals surface area contributed by atoms with Crippen molar-refractivity contribution in [2.24, 2.45) is 5.73 Å². The third kappa shape index (κ3) is 3.23. The molecule has 0 bridgehead atoms. The van der Waals surface area contributed by atoms with Crippen molar-refractivity contribution in [1.82, 2.24) is 14.9 Å². The molecular weight excluding hydrogens is 216 g/mol. The number of likely N-dealkylation sites (tertiary alicyclic amines) is 1. The number of carbonyl (C=O) groups excluding carboxylic acids is 1. The Labute approximate surface area is 101 Å². The van der Waals surface area contributed by atoms with Gasteiger partial charge in [-0.1, -0.05) is 0 Å². The van der Waals surface area contributed by atoms with Gasteiger partial charge in [0.15, 0.2) is 0 Å². The number of nitrogens with zero attached hydrogens (tertiary/aromatic N) is 3. The van der Waals surface area contributed by atoms with Crippen molar-refractivity contribution in [1.29, 1.82) is 0 Å². The molecule has 1 aromatic rings. The number of amides is 1. The number of carbonyl (C=O) groups is 1. The predicted molar refractivity (Wildman–Crippen MR) is 64.4 cm³/mol. The summed E-state index contributed by atoms with van der Waals surface area (Å²) in [7, 11) is 0. The van der Waals surface area contributed by atoms with Crippen LogP contribution in [0.25, 0.3) is 0 Å². The predicted octanol–water partition coefficient (Wildman–Crippen LogP) is 0.450. The summed E-state index contributed by atoms with van der Waals surface area (Å²) in [6, 6.07) is 1.96. The minimum Gasteiger partial charge on any atom is -0.369 e. The summed E-state index contributed by atoms with van der Waals surface area (Å²) in [4.78, 5) is 21.6. The monoisotopic (exact) mass is 234 g/mol. The van der Waals surface area contributed by atoms with Gasteiger partial charge in [-0.05, 0) is 32.4 Å². The number of aromatic nitrogens is 2. The quantitative estimate of drug-likeness (QED) is 0.824. The van der Waals surface area contributed by atoms with Crippen molar-refractivity contribution in [2.75, 3.05) is 19.6 Å². The molecule has 1 aliphatic rings. The number of rotatable bonds is 3. The molecule has 5 nitrogen and oxygen atoms in total. The average molecular weight is 234 g/mol. The summed E-state index contributed by atoms with van der Waals surface area (Å²) in [5.74, 6) is 0.934. The highest BCUT2D eigenvalue weighted by Crippen LogP contribution is 2.24. The molecule has 2 rings (SSSR count). The second-order valence-corrected chi connectivity index (χ2v) is 4.57. The van der Waals surface area contributed by atoms with Gasteiger partial charge in [0, 0.05) is 24.4 Å². The highest BCUT2D eigenvalue weighted by atomic mass is 16.1. The first-order valence-electron chi connectivity index (χ1n) is 5.95. The van der Waals surface area contributed by atoms with Gasteiger partial charge in [0.05, 0.1) is 6.54 Å². The number of aryl methyl sites for hydroxylation is 1. The van der Waals surface area contributed by atoms with Crippen molar-refractivity contribution in [3.05, 3.63) is 23.8 Å². The molecule has 5 heteroatoms. The molecule has 17 heavy (non-hydrogen) atoms. The molecule has 0 spiro atoms. The molecule has 2 N–H and O–H groups in total. The Hall–Kier alpha value is -1.49. The molecule has 1 saturated heterocycles. The van der Waals surface area contributed by atoms with E-state index in [4.69, 9.17) is 5.73 Å². The van der Waals surface area contributed by atoms with Crippen molar-refractivity contribution in [3.63, 3.8) is 0 Å². The summed E-state index contributed by atoms with van der Waals surface area (Å²) >= 11 is 0. The maximum Gasteiger partial charge on any atom is 0.231 e. The van der Waals surface area contributed by atoms with Crippen LogP contribution >= 0.6 is 0 Å². The molecule has 1 amide bonds. The largest absolute Gasteiger partial charge is 0.369 e. The van der Waals surface area contributed by atoms with Crippen LogP contribution in [0, 0.1) is 6.92 Å². The third-order valence-electron chi connectivity index (χ3n) is 3.10. The van der Waals surface area contributed by atoms with E-state index in [1.165, 1.54) is 0 Å². The van der Waals surface area contributed by atoms with Crippen LogP contribution in [0.15, 0.2) is 12.3 Å². The zero-order valence-corrected chi connectivity index (χ0v) is 10.1. The second-order valence-electron chi connectivity index (χ2n) is 4.57. The summed E-state index contributed by atoms with van der Waals surface area (Å²) < 4.78 is 0. The Morgan fingerprint density at radius 2 is 2.47 bits per heavy atom. The van der Waals surface area contributed by atoms with Gasteiger partial charge < -0.3 is 5.73 Å². The van der Waals surface area contributed by atoms with Gasteiger partial charge >= 0.3 is 0 Å². The fourth-order valence-corrected chi connectivity index (χ4v) is 2.36. The van der Waals surface area contributed by atoms with Crippen LogP contribution in [0.1, 0.15) is 30.3 Å². The zero-order valence-electron chi connectivity index (χ0n) is 10.1. The standard InChI is InChI=1S/C12H18N4O/c1-9-14-5-4-11(15-9)10-3-2-6-16(7-10)8-12(13)17/h4-5,10H,2-3,6-8H2,1H3,(H2,13,17). The molecule has 0 aromatic carbocycles. The molecular formula is C12H18N4O. The van der Waals surface area contributed by atoms with Crippen molar-refractivity contribution in [3.8, 4) is 0 Å². The summed E-state index contributed by atoms with van der Waals surface area (Å²) in [5, 5.41) is 0. The molecule has 0 aliphatic carbocycles. The lowest BCUT2D eigenvalue weighted by molar-refractivity contribution is -0.119. The molecule has 1 atom stereocenters. The van der Waals surface area contributed by atoms with Gasteiger partial charge in [-0.2, -0.15) is 0 Å².